The Morgan fingerprint density at radius 1 is 1.14 bits per heavy atom. The van der Waals surface area contributed by atoms with Crippen molar-refractivity contribution in [1.82, 2.24) is 0 Å². The molecular weight excluding hydrogens is 423 g/mol. The smallest absolute Gasteiger partial charge is 0.311 e. The Labute approximate surface area is 164 Å². The van der Waals surface area contributed by atoms with Gasteiger partial charge in [0.05, 0.1) is 22.5 Å². The fourth-order valence-corrected chi connectivity index (χ4v) is 3.04. The van der Waals surface area contributed by atoms with E-state index in [0.29, 0.717) is 23.4 Å². The number of rotatable bonds is 7. The maximum Gasteiger partial charge on any atom is 0.311 e. The first-order valence-electron chi connectivity index (χ1n) is 7.55. The summed E-state index contributed by atoms with van der Waals surface area (Å²) in [5, 5.41) is 11.0. The molecule has 0 saturated heterocycles. The van der Waals surface area contributed by atoms with Crippen LogP contribution >= 0.6 is 11.8 Å². The van der Waals surface area contributed by atoms with Crippen LogP contribution in [0, 0.1) is 39.2 Å². The second-order valence-electron chi connectivity index (χ2n) is 5.41. The summed E-state index contributed by atoms with van der Waals surface area (Å²) in [6.45, 7) is 0. The molecule has 0 aliphatic heterocycles. The van der Waals surface area contributed by atoms with Crippen LogP contribution in [0.1, 0.15) is 11.1 Å². The third-order valence-electron chi connectivity index (χ3n) is 3.60. The van der Waals surface area contributed by atoms with E-state index >= 15 is 0 Å². The summed E-state index contributed by atoms with van der Waals surface area (Å²) in [7, 11) is 1.23. The van der Waals surface area contributed by atoms with Gasteiger partial charge in [0.15, 0.2) is 29.0 Å². The first-order chi connectivity index (χ1) is 13.6. The van der Waals surface area contributed by atoms with Gasteiger partial charge in [-0.2, -0.15) is 0 Å². The molecule has 0 atom stereocenters. The summed E-state index contributed by atoms with van der Waals surface area (Å²) in [5.41, 5.74) is 3.73. The second-order valence-corrected chi connectivity index (χ2v) is 6.43. The lowest BCUT2D eigenvalue weighted by molar-refractivity contribution is -0.385. The lowest BCUT2D eigenvalue weighted by Gasteiger charge is -2.08. The van der Waals surface area contributed by atoms with Gasteiger partial charge in [0, 0.05) is 11.8 Å². The lowest BCUT2D eigenvalue weighted by Crippen LogP contribution is -2.13. The van der Waals surface area contributed by atoms with Crippen LogP contribution in [-0.2, 0) is 10.5 Å². The molecule has 154 valence electrons. The minimum Gasteiger partial charge on any atom is -0.490 e. The van der Waals surface area contributed by atoms with Crippen molar-refractivity contribution in [3.8, 4) is 5.75 Å². The number of nitro benzene ring substituents is 1. The summed E-state index contributed by atoms with van der Waals surface area (Å²) in [6.07, 6.45) is 0.432. The number of nitrogens with zero attached hydrogens (tertiary/aromatic N) is 1. The van der Waals surface area contributed by atoms with Gasteiger partial charge in [0.2, 0.25) is 5.82 Å². The van der Waals surface area contributed by atoms with E-state index in [9.17, 15) is 36.9 Å². The zero-order valence-corrected chi connectivity index (χ0v) is 15.3. The number of nitrogens with two attached hydrogens (primary N) is 1. The Bertz CT molecular complexity index is 1000. The molecule has 6 nitrogen and oxygen atoms in total. The average molecular weight is 434 g/mol. The van der Waals surface area contributed by atoms with Crippen molar-refractivity contribution in [2.24, 2.45) is 5.73 Å². The molecule has 0 aliphatic carbocycles. The van der Waals surface area contributed by atoms with E-state index in [1.165, 1.54) is 19.2 Å². The van der Waals surface area contributed by atoms with Crippen LogP contribution in [0.5, 0.6) is 5.75 Å². The monoisotopic (exact) mass is 434 g/mol. The van der Waals surface area contributed by atoms with E-state index in [1.54, 1.807) is 0 Å². The fourth-order valence-electron chi connectivity index (χ4n) is 2.19. The summed E-state index contributed by atoms with van der Waals surface area (Å²) in [5.74, 6) is -12.3. The number of hydrogen-bond acceptors (Lipinski definition) is 5. The van der Waals surface area contributed by atoms with Crippen LogP contribution in [0.4, 0.5) is 27.6 Å². The molecule has 0 bridgehead atoms. The molecule has 2 aromatic rings. The molecular formula is C17H11F5N2O4S. The highest BCUT2D eigenvalue weighted by Gasteiger charge is 2.25. The Morgan fingerprint density at radius 3 is 2.17 bits per heavy atom. The number of methoxy groups -OCH3 is 1. The summed E-state index contributed by atoms with van der Waals surface area (Å²) in [4.78, 5) is 21.4. The maximum atomic E-state index is 13.8. The largest absolute Gasteiger partial charge is 0.490 e. The number of hydrogen-bond donors (Lipinski definition) is 1. The zero-order valence-electron chi connectivity index (χ0n) is 14.5. The molecule has 0 fully saturated rings. The van der Waals surface area contributed by atoms with E-state index < -0.39 is 50.4 Å². The Kier molecular flexibility index (Phi) is 6.80. The molecule has 0 aromatic heterocycles. The van der Waals surface area contributed by atoms with Crippen molar-refractivity contribution in [2.75, 3.05) is 7.11 Å². The van der Waals surface area contributed by atoms with Crippen LogP contribution < -0.4 is 10.5 Å². The molecule has 0 spiro atoms. The van der Waals surface area contributed by atoms with Crippen LogP contribution in [0.25, 0.3) is 6.08 Å². The molecule has 0 radical (unpaired) electrons. The lowest BCUT2D eigenvalue weighted by atomic mass is 10.1. The summed E-state index contributed by atoms with van der Waals surface area (Å²) < 4.78 is 72.2. The number of nitro groups is 1. The first-order valence-corrected chi connectivity index (χ1v) is 8.54. The van der Waals surface area contributed by atoms with Gasteiger partial charge in [-0.3, -0.25) is 14.9 Å². The number of benzene rings is 2. The van der Waals surface area contributed by atoms with Crippen LogP contribution in [0.2, 0.25) is 0 Å². The topological polar surface area (TPSA) is 95.5 Å². The number of amides is 1. The van der Waals surface area contributed by atoms with Crippen molar-refractivity contribution < 1.29 is 36.4 Å². The number of carbonyl (C=O) groups is 1. The standard InChI is InChI=1S/C17H11F5N2O4S/c1-28-10-3-2-7(4-9(10)24(26)27)6-29-11(17(23)25)5-8-12(18)14(20)16(22)15(21)13(8)19/h2-5H,6H2,1H3,(H2,23,25). The average Bonchev–Trinajstić information content (AvgIpc) is 2.69. The van der Waals surface area contributed by atoms with Crippen molar-refractivity contribution in [3.63, 3.8) is 0 Å². The number of thioether (sulfide) groups is 1. The van der Waals surface area contributed by atoms with Gasteiger partial charge in [-0.05, 0) is 17.7 Å². The van der Waals surface area contributed by atoms with E-state index in [4.69, 9.17) is 10.5 Å². The number of primary amides is 1. The van der Waals surface area contributed by atoms with Gasteiger partial charge in [0.25, 0.3) is 5.91 Å². The van der Waals surface area contributed by atoms with Gasteiger partial charge in [-0.25, -0.2) is 22.0 Å². The molecule has 29 heavy (non-hydrogen) atoms. The normalized spacial score (nSPS) is 11.4. The summed E-state index contributed by atoms with van der Waals surface area (Å²) >= 11 is 0.596. The first kappa shape index (κ1) is 22.1. The Balaban J connectivity index is 2.39. The minimum atomic E-state index is -2.34. The van der Waals surface area contributed by atoms with Crippen molar-refractivity contribution >= 4 is 29.4 Å². The van der Waals surface area contributed by atoms with E-state index in [2.05, 4.69) is 0 Å². The summed E-state index contributed by atoms with van der Waals surface area (Å²) in [6, 6.07) is 3.87. The molecule has 0 aliphatic rings. The number of ether oxygens (including phenoxy) is 1. The third-order valence-corrected chi connectivity index (χ3v) is 4.70. The molecule has 0 unspecified atom stereocenters. The number of halogens is 5. The van der Waals surface area contributed by atoms with Crippen molar-refractivity contribution in [2.45, 2.75) is 5.75 Å². The van der Waals surface area contributed by atoms with E-state index in [-0.39, 0.29) is 17.2 Å². The van der Waals surface area contributed by atoms with Crippen molar-refractivity contribution in [3.05, 3.63) is 73.4 Å². The number of carbonyl (C=O) groups excluding carboxylic acids is 1. The van der Waals surface area contributed by atoms with Crippen LogP contribution in [-0.4, -0.2) is 17.9 Å². The predicted molar refractivity (Wildman–Crippen MR) is 94.3 cm³/mol. The van der Waals surface area contributed by atoms with E-state index in [1.807, 2.05) is 0 Å². The molecule has 1 amide bonds. The highest BCUT2D eigenvalue weighted by atomic mass is 32.2. The Morgan fingerprint density at radius 2 is 1.69 bits per heavy atom. The highest BCUT2D eigenvalue weighted by Crippen LogP contribution is 2.32. The molecule has 2 N–H and O–H groups in total. The maximum absolute atomic E-state index is 13.8. The van der Waals surface area contributed by atoms with Gasteiger partial charge < -0.3 is 10.5 Å². The zero-order chi connectivity index (χ0) is 21.9. The fraction of sp³-hybridized carbons (Fsp3) is 0.118. The Hall–Kier alpha value is -3.15. The quantitative estimate of drug-likeness (QED) is 0.177. The second kappa shape index (κ2) is 8.90. The van der Waals surface area contributed by atoms with Crippen molar-refractivity contribution in [1.29, 1.82) is 0 Å². The van der Waals surface area contributed by atoms with Crippen LogP contribution in [0.15, 0.2) is 23.1 Å². The molecule has 2 rings (SSSR count). The molecule has 12 heteroatoms. The third kappa shape index (κ3) is 4.65. The molecule has 0 saturated carbocycles. The van der Waals surface area contributed by atoms with Crippen LogP contribution in [0.3, 0.4) is 0 Å². The molecule has 2 aromatic carbocycles. The van der Waals surface area contributed by atoms with E-state index in [0.717, 1.165) is 6.07 Å². The minimum absolute atomic E-state index is 0.0178. The van der Waals surface area contributed by atoms with Gasteiger partial charge in [0.1, 0.15) is 0 Å². The van der Waals surface area contributed by atoms with Gasteiger partial charge in [-0.15, -0.1) is 11.8 Å². The molecule has 0 heterocycles. The SMILES string of the molecule is COc1ccc(CSC(=Cc2c(F)c(F)c(F)c(F)c2F)C(N)=O)cc1[N+](=O)[O-]. The highest BCUT2D eigenvalue weighted by molar-refractivity contribution is 8.03. The van der Waals surface area contributed by atoms with Gasteiger partial charge in [-0.1, -0.05) is 6.07 Å². The van der Waals surface area contributed by atoms with Gasteiger partial charge >= 0.3 is 5.69 Å². The predicted octanol–water partition coefficient (Wildman–Crippen LogP) is 4.06.